The number of primary amides is 1. The molecule has 4 aromatic rings. The number of nitrogens with zero attached hydrogens (tertiary/aromatic N) is 1. The summed E-state index contributed by atoms with van der Waals surface area (Å²) in [6, 6.07) is 28.0. The Morgan fingerprint density at radius 1 is 0.787 bits per heavy atom. The van der Waals surface area contributed by atoms with E-state index in [-0.39, 0.29) is 45.5 Å². The number of fused-ring (bicyclic) bond motifs is 1. The first-order chi connectivity index (χ1) is 29.1. The summed E-state index contributed by atoms with van der Waals surface area (Å²) in [5, 5.41) is 20.1. The molecule has 1 saturated heterocycles. The van der Waals surface area contributed by atoms with Crippen molar-refractivity contribution in [2.75, 3.05) is 26.2 Å². The summed E-state index contributed by atoms with van der Waals surface area (Å²) in [6.07, 6.45) is -1.03. The summed E-state index contributed by atoms with van der Waals surface area (Å²) in [7, 11) is -4.35. The average Bonchev–Trinajstić information content (AvgIpc) is 3.22. The average molecular weight is 858 g/mol. The van der Waals surface area contributed by atoms with Crippen LogP contribution in [0.1, 0.15) is 54.4 Å². The lowest BCUT2D eigenvalue weighted by atomic mass is 9.84. The molecule has 1 aliphatic heterocycles. The van der Waals surface area contributed by atoms with Crippen LogP contribution in [0.4, 0.5) is 4.79 Å². The molecular formula is C44H52N5O11P. The van der Waals surface area contributed by atoms with Gasteiger partial charge in [0.25, 0.3) is 0 Å². The number of carboxylic acids is 1. The number of likely N-dealkylation sites (tertiary alicyclic amines) is 1. The minimum Gasteiger partial charge on any atom is -0.481 e. The summed E-state index contributed by atoms with van der Waals surface area (Å²) in [6.45, 7) is 0.213. The predicted molar refractivity (Wildman–Crippen MR) is 226 cm³/mol. The summed E-state index contributed by atoms with van der Waals surface area (Å²) in [4.78, 5) is 99.3. The molecule has 1 heterocycles. The van der Waals surface area contributed by atoms with Crippen molar-refractivity contribution in [2.24, 2.45) is 11.7 Å². The van der Waals surface area contributed by atoms with E-state index >= 15 is 0 Å². The van der Waals surface area contributed by atoms with Crippen LogP contribution in [-0.2, 0) is 58.7 Å². The molecule has 16 nitrogen and oxygen atoms in total. The number of hydrogen-bond donors (Lipinski definition) is 7. The number of benzene rings is 4. The Morgan fingerprint density at radius 3 is 2.11 bits per heavy atom. The molecule has 8 N–H and O–H groups in total. The predicted octanol–water partition coefficient (Wildman–Crippen LogP) is 3.59. The fourth-order valence-electron chi connectivity index (χ4n) is 7.41. The highest BCUT2D eigenvalue weighted by Gasteiger charge is 2.46. The molecule has 324 valence electrons. The Bertz CT molecular complexity index is 2220. The third-order valence-electron chi connectivity index (χ3n) is 10.6. The van der Waals surface area contributed by atoms with Crippen molar-refractivity contribution in [3.8, 4) is 0 Å². The minimum atomic E-state index is -4.35. The highest BCUT2D eigenvalue weighted by Crippen LogP contribution is 2.39. The number of carbonyl (C=O) groups excluding carboxylic acids is 5. The van der Waals surface area contributed by atoms with Crippen LogP contribution in [-0.4, -0.2) is 93.3 Å². The van der Waals surface area contributed by atoms with Crippen LogP contribution in [0.25, 0.3) is 10.8 Å². The van der Waals surface area contributed by atoms with Crippen LogP contribution in [0.2, 0.25) is 0 Å². The molecule has 17 heteroatoms. The van der Waals surface area contributed by atoms with Gasteiger partial charge < -0.3 is 46.2 Å². The molecule has 1 aliphatic rings. The Hall–Kier alpha value is -6.09. The molecule has 4 aromatic carbocycles. The summed E-state index contributed by atoms with van der Waals surface area (Å²) in [5.41, 5.74) is 6.67. The lowest BCUT2D eigenvalue weighted by Gasteiger charge is -2.41. The van der Waals surface area contributed by atoms with Crippen molar-refractivity contribution in [3.63, 3.8) is 0 Å². The van der Waals surface area contributed by atoms with E-state index < -0.39 is 79.8 Å². The number of nitrogens with one attached hydrogen (secondary N) is 3. The van der Waals surface area contributed by atoms with Crippen LogP contribution in [0.3, 0.4) is 0 Å². The monoisotopic (exact) mass is 857 g/mol. The number of amides is 5. The first kappa shape index (κ1) is 46.0. The van der Waals surface area contributed by atoms with Crippen molar-refractivity contribution in [1.82, 2.24) is 20.9 Å². The van der Waals surface area contributed by atoms with Crippen molar-refractivity contribution in [2.45, 2.75) is 69.1 Å². The highest BCUT2D eigenvalue weighted by molar-refractivity contribution is 7.50. The van der Waals surface area contributed by atoms with Gasteiger partial charge in [-0.25, -0.2) is 4.79 Å². The zero-order valence-corrected chi connectivity index (χ0v) is 34.6. The molecule has 0 aliphatic carbocycles. The van der Waals surface area contributed by atoms with E-state index in [9.17, 15) is 48.2 Å². The standard InChI is InChI=1S/C44H52N5O11P/c45-38(50)28-37(41(54)46-22-7-13-34-12-6-11-33-10-4-5-14-36(33)34)47-42(55)44(20-23-49(24-21-44)43(56)60-25-19-30-8-2-1-3-9-30)48-40(53)35(27-39(51)52)26-31-15-17-32(18-16-31)29-61(57,58)59/h1-6,8-12,14-18,35,37H,7,13,19-29H2,(H2,45,50)(H,46,54)(H,47,55)(H,48,53)(H,51,52)(H2,57,58,59)/t35-,37+/m1/s1. The second kappa shape index (κ2) is 21.4. The largest absolute Gasteiger partial charge is 0.481 e. The molecule has 5 amide bonds. The van der Waals surface area contributed by atoms with Crippen molar-refractivity contribution >= 4 is 54.1 Å². The molecule has 0 spiro atoms. The fourth-order valence-corrected chi connectivity index (χ4v) is 8.10. The van der Waals surface area contributed by atoms with E-state index in [1.54, 1.807) is 0 Å². The van der Waals surface area contributed by atoms with Gasteiger partial charge in [-0.15, -0.1) is 0 Å². The van der Waals surface area contributed by atoms with Gasteiger partial charge in [0.2, 0.25) is 23.6 Å². The minimum absolute atomic E-state index is 0.0522. The van der Waals surface area contributed by atoms with Gasteiger partial charge in [0.1, 0.15) is 11.6 Å². The summed E-state index contributed by atoms with van der Waals surface area (Å²) < 4.78 is 17.0. The quantitative estimate of drug-likeness (QED) is 0.0500. The number of aliphatic carboxylic acids is 1. The molecule has 2 atom stereocenters. The number of aryl methyl sites for hydroxylation is 1. The van der Waals surface area contributed by atoms with Crippen LogP contribution in [0.15, 0.2) is 97.1 Å². The topological polar surface area (TPSA) is 255 Å². The van der Waals surface area contributed by atoms with Crippen molar-refractivity contribution in [1.29, 1.82) is 0 Å². The number of nitrogens with two attached hydrogens (primary N) is 1. The first-order valence-corrected chi connectivity index (χ1v) is 21.9. The van der Waals surface area contributed by atoms with Gasteiger partial charge in [0.15, 0.2) is 0 Å². The molecule has 0 saturated carbocycles. The van der Waals surface area contributed by atoms with Gasteiger partial charge in [-0.05, 0) is 65.1 Å². The van der Waals surface area contributed by atoms with Crippen molar-refractivity contribution < 1.29 is 53.0 Å². The van der Waals surface area contributed by atoms with Gasteiger partial charge >= 0.3 is 19.7 Å². The number of rotatable bonds is 20. The second-order valence-corrected chi connectivity index (χ2v) is 16.9. The Balaban J connectivity index is 1.30. The molecule has 61 heavy (non-hydrogen) atoms. The Morgan fingerprint density at radius 2 is 1.44 bits per heavy atom. The van der Waals surface area contributed by atoms with E-state index in [0.717, 1.165) is 21.9 Å². The van der Waals surface area contributed by atoms with Crippen LogP contribution in [0, 0.1) is 5.92 Å². The normalized spacial score (nSPS) is 14.6. The third-order valence-corrected chi connectivity index (χ3v) is 11.4. The van der Waals surface area contributed by atoms with Crippen LogP contribution < -0.4 is 21.7 Å². The number of piperidine rings is 1. The molecule has 0 bridgehead atoms. The zero-order chi connectivity index (χ0) is 44.0. The molecule has 5 rings (SSSR count). The highest BCUT2D eigenvalue weighted by atomic mass is 31.2. The lowest BCUT2D eigenvalue weighted by molar-refractivity contribution is -0.143. The number of hydrogen-bond acceptors (Lipinski definition) is 8. The molecule has 0 radical (unpaired) electrons. The van der Waals surface area contributed by atoms with Gasteiger partial charge in [0.05, 0.1) is 31.5 Å². The zero-order valence-electron chi connectivity index (χ0n) is 33.7. The molecule has 0 unspecified atom stereocenters. The second-order valence-electron chi connectivity index (χ2n) is 15.3. The lowest BCUT2D eigenvalue weighted by Crippen LogP contribution is -2.66. The van der Waals surface area contributed by atoms with E-state index in [1.165, 1.54) is 29.2 Å². The fraction of sp³-hybridized carbons (Fsp3) is 0.364. The smallest absolute Gasteiger partial charge is 0.409 e. The van der Waals surface area contributed by atoms with Gasteiger partial charge in [-0.3, -0.25) is 28.5 Å². The van der Waals surface area contributed by atoms with Gasteiger partial charge in [-0.2, -0.15) is 0 Å². The van der Waals surface area contributed by atoms with Crippen molar-refractivity contribution in [3.05, 3.63) is 119 Å². The van der Waals surface area contributed by atoms with E-state index in [1.807, 2.05) is 72.8 Å². The molecule has 0 aromatic heterocycles. The first-order valence-electron chi connectivity index (χ1n) is 20.1. The maximum atomic E-state index is 14.4. The van der Waals surface area contributed by atoms with Crippen LogP contribution >= 0.6 is 7.60 Å². The Labute approximate surface area is 353 Å². The summed E-state index contributed by atoms with van der Waals surface area (Å²) >= 11 is 0. The third kappa shape index (κ3) is 14.0. The molecular weight excluding hydrogens is 805 g/mol. The van der Waals surface area contributed by atoms with Gasteiger partial charge in [-0.1, -0.05) is 97.1 Å². The Kier molecular flexibility index (Phi) is 16.2. The van der Waals surface area contributed by atoms with E-state index in [4.69, 9.17) is 10.5 Å². The summed E-state index contributed by atoms with van der Waals surface area (Å²) in [5.74, 6) is -5.65. The van der Waals surface area contributed by atoms with Gasteiger partial charge in [0, 0.05) is 26.1 Å². The SMILES string of the molecule is NC(=O)C[C@H](NC(=O)C1(NC(=O)[C@@H](CC(=O)O)Cc2ccc(CP(=O)(O)O)cc2)CCN(C(=O)OCCc2ccccc2)CC1)C(=O)NCCCc1cccc2ccccc12. The molecule has 1 fully saturated rings. The maximum Gasteiger partial charge on any atom is 0.409 e. The van der Waals surface area contributed by atoms with E-state index in [2.05, 4.69) is 16.0 Å². The number of carboxylic acid groups (broad SMARTS) is 1. The number of ether oxygens (including phenoxy) is 1. The maximum absolute atomic E-state index is 14.4. The van der Waals surface area contributed by atoms with Crippen LogP contribution in [0.5, 0.6) is 0 Å². The van der Waals surface area contributed by atoms with E-state index in [0.29, 0.717) is 30.4 Å². The number of carbonyl (C=O) groups is 6.